The lowest BCUT2D eigenvalue weighted by molar-refractivity contribution is 0.0551. The summed E-state index contributed by atoms with van der Waals surface area (Å²) in [6.45, 7) is 5.74. The van der Waals surface area contributed by atoms with Crippen LogP contribution in [0.25, 0.3) is 43.6 Å². The molecular formula is C26H26N2O5. The highest BCUT2D eigenvalue weighted by Crippen LogP contribution is 2.50. The number of hydrogen-bond acceptors (Lipinski definition) is 5. The summed E-state index contributed by atoms with van der Waals surface area (Å²) in [4.78, 5) is 13.6. The van der Waals surface area contributed by atoms with Gasteiger partial charge in [-0.1, -0.05) is 36.4 Å². The fourth-order valence-corrected chi connectivity index (χ4v) is 4.67. The minimum Gasteiger partial charge on any atom is -0.504 e. The van der Waals surface area contributed by atoms with E-state index in [4.69, 9.17) is 14.2 Å². The number of phenolic OH excluding ortho intramolecular Hbond substituents is 1. The van der Waals surface area contributed by atoms with Gasteiger partial charge in [0.25, 0.3) is 0 Å². The summed E-state index contributed by atoms with van der Waals surface area (Å²) in [7, 11) is 3.14. The van der Waals surface area contributed by atoms with Crippen molar-refractivity contribution in [3.05, 3.63) is 48.5 Å². The van der Waals surface area contributed by atoms with E-state index in [9.17, 15) is 9.90 Å². The lowest BCUT2D eigenvalue weighted by Crippen LogP contribution is -2.27. The van der Waals surface area contributed by atoms with Crippen LogP contribution in [0.3, 0.4) is 0 Å². The molecule has 0 unspecified atom stereocenters. The van der Waals surface area contributed by atoms with Crippen molar-refractivity contribution in [2.45, 2.75) is 33.1 Å². The number of phenols is 1. The minimum absolute atomic E-state index is 0.0261. The second kappa shape index (κ2) is 7.42. The Kier molecular flexibility index (Phi) is 4.76. The van der Waals surface area contributed by atoms with Crippen molar-refractivity contribution in [1.82, 2.24) is 9.13 Å². The fraction of sp³-hybridized carbons (Fsp3) is 0.269. The van der Waals surface area contributed by atoms with Crippen LogP contribution in [0, 0.1) is 0 Å². The number of methoxy groups -OCH3 is 2. The summed E-state index contributed by atoms with van der Waals surface area (Å²) in [5.74, 6) is 0.342. The van der Waals surface area contributed by atoms with Gasteiger partial charge < -0.3 is 23.9 Å². The number of carbonyl (C=O) groups is 1. The van der Waals surface area contributed by atoms with Crippen molar-refractivity contribution in [2.24, 2.45) is 0 Å². The first kappa shape index (κ1) is 21.2. The van der Waals surface area contributed by atoms with Gasteiger partial charge in [-0.15, -0.1) is 0 Å². The molecule has 0 saturated heterocycles. The van der Waals surface area contributed by atoms with Gasteiger partial charge in [0.15, 0.2) is 11.5 Å². The molecule has 2 aromatic heterocycles. The third-order valence-electron chi connectivity index (χ3n) is 5.79. The molecule has 0 amide bonds. The van der Waals surface area contributed by atoms with E-state index in [2.05, 4.69) is 0 Å². The Morgan fingerprint density at radius 3 is 2.12 bits per heavy atom. The van der Waals surface area contributed by atoms with Crippen LogP contribution in [0.1, 0.15) is 20.8 Å². The molecule has 7 nitrogen and oxygen atoms in total. The third-order valence-corrected chi connectivity index (χ3v) is 5.79. The average Bonchev–Trinajstić information content (AvgIpc) is 3.27. The van der Waals surface area contributed by atoms with Crippen LogP contribution in [0.5, 0.6) is 11.5 Å². The monoisotopic (exact) mass is 446 g/mol. The molecule has 5 rings (SSSR count). The zero-order chi connectivity index (χ0) is 23.5. The lowest BCUT2D eigenvalue weighted by atomic mass is 10.1. The zero-order valence-electron chi connectivity index (χ0n) is 19.3. The molecule has 0 aliphatic heterocycles. The predicted molar refractivity (Wildman–Crippen MR) is 129 cm³/mol. The van der Waals surface area contributed by atoms with Gasteiger partial charge in [0.1, 0.15) is 12.3 Å². The van der Waals surface area contributed by atoms with Crippen molar-refractivity contribution in [1.29, 1.82) is 0 Å². The van der Waals surface area contributed by atoms with Crippen LogP contribution in [0.15, 0.2) is 48.5 Å². The Bertz CT molecular complexity index is 1550. The van der Waals surface area contributed by atoms with Crippen LogP contribution >= 0.6 is 0 Å². The summed E-state index contributed by atoms with van der Waals surface area (Å²) >= 11 is 0. The van der Waals surface area contributed by atoms with E-state index in [1.165, 1.54) is 7.11 Å². The van der Waals surface area contributed by atoms with E-state index in [0.29, 0.717) is 33.1 Å². The number of nitrogens with zero attached hydrogens (tertiary/aromatic N) is 2. The number of carbonyl (C=O) groups excluding carboxylic acids is 1. The number of hydrogen-bond donors (Lipinski definition) is 1. The van der Waals surface area contributed by atoms with Crippen molar-refractivity contribution in [3.63, 3.8) is 0 Å². The molecule has 0 bridgehead atoms. The topological polar surface area (TPSA) is 74.9 Å². The standard InChI is InChI=1S/C26H26N2O5/c1-26(2,3)33-25(30)28-18-13-9-7-11-16(18)20-22(28)21-19(23(29)24(20)32-5)15-10-6-8-12-17(15)27(21)14-31-4/h6-13,29H,14H2,1-5H3. The molecule has 0 radical (unpaired) electrons. The smallest absolute Gasteiger partial charge is 0.419 e. The van der Waals surface area contributed by atoms with Crippen molar-refractivity contribution in [3.8, 4) is 11.5 Å². The number of benzene rings is 3. The Morgan fingerprint density at radius 2 is 1.52 bits per heavy atom. The first-order valence-electron chi connectivity index (χ1n) is 10.7. The maximum Gasteiger partial charge on any atom is 0.419 e. The Balaban J connectivity index is 2.11. The Hall–Kier alpha value is -3.71. The van der Waals surface area contributed by atoms with Gasteiger partial charge in [0.2, 0.25) is 0 Å². The molecule has 0 fully saturated rings. The average molecular weight is 447 g/mol. The Labute approximate surface area is 190 Å². The maximum atomic E-state index is 13.6. The molecular weight excluding hydrogens is 420 g/mol. The molecule has 0 spiro atoms. The van der Waals surface area contributed by atoms with E-state index in [1.807, 2.05) is 73.9 Å². The van der Waals surface area contributed by atoms with E-state index >= 15 is 0 Å². The largest absolute Gasteiger partial charge is 0.504 e. The van der Waals surface area contributed by atoms with Crippen LogP contribution in [0.2, 0.25) is 0 Å². The molecule has 5 aromatic rings. The highest BCUT2D eigenvalue weighted by molar-refractivity contribution is 6.29. The molecule has 0 saturated carbocycles. The minimum atomic E-state index is -0.686. The first-order valence-corrected chi connectivity index (χ1v) is 10.7. The van der Waals surface area contributed by atoms with Crippen molar-refractivity contribution in [2.75, 3.05) is 14.2 Å². The number of ether oxygens (including phenoxy) is 3. The second-order valence-electron chi connectivity index (χ2n) is 9.02. The first-order chi connectivity index (χ1) is 15.8. The number of rotatable bonds is 3. The fourth-order valence-electron chi connectivity index (χ4n) is 4.67. The molecule has 0 atom stereocenters. The van der Waals surface area contributed by atoms with Crippen molar-refractivity contribution >= 4 is 49.7 Å². The molecule has 2 heterocycles. The van der Waals surface area contributed by atoms with Crippen LogP contribution in [0.4, 0.5) is 4.79 Å². The van der Waals surface area contributed by atoms with Gasteiger partial charge >= 0.3 is 6.09 Å². The Morgan fingerprint density at radius 1 is 0.909 bits per heavy atom. The summed E-state index contributed by atoms with van der Waals surface area (Å²) in [6, 6.07) is 15.3. The number of fused-ring (bicyclic) bond motifs is 7. The number of aromatic nitrogens is 2. The van der Waals surface area contributed by atoms with E-state index in [1.54, 1.807) is 11.7 Å². The van der Waals surface area contributed by atoms with E-state index in [-0.39, 0.29) is 12.5 Å². The number of aromatic hydroxyl groups is 1. The maximum absolute atomic E-state index is 13.6. The SMILES string of the molecule is COCn1c2ccccc2c2c(O)c(OC)c3c4ccccc4n(C(=O)OC(C)(C)C)c3c21. The molecule has 0 aliphatic carbocycles. The van der Waals surface area contributed by atoms with E-state index in [0.717, 1.165) is 16.3 Å². The summed E-state index contributed by atoms with van der Waals surface area (Å²) < 4.78 is 20.6. The third kappa shape index (κ3) is 3.03. The van der Waals surface area contributed by atoms with Crippen LogP contribution in [-0.4, -0.2) is 40.2 Å². The van der Waals surface area contributed by atoms with Gasteiger partial charge in [-0.05, 0) is 32.9 Å². The molecule has 3 aromatic carbocycles. The van der Waals surface area contributed by atoms with Gasteiger partial charge in [0.05, 0.1) is 39.9 Å². The van der Waals surface area contributed by atoms with Gasteiger partial charge in [-0.25, -0.2) is 9.36 Å². The van der Waals surface area contributed by atoms with Gasteiger partial charge in [0, 0.05) is 17.9 Å². The lowest BCUT2D eigenvalue weighted by Gasteiger charge is -2.20. The molecule has 7 heteroatoms. The van der Waals surface area contributed by atoms with Gasteiger partial charge in [-0.3, -0.25) is 0 Å². The quantitative estimate of drug-likeness (QED) is 0.368. The van der Waals surface area contributed by atoms with Crippen LogP contribution < -0.4 is 4.74 Å². The van der Waals surface area contributed by atoms with Crippen molar-refractivity contribution < 1.29 is 24.1 Å². The van der Waals surface area contributed by atoms with Crippen LogP contribution in [-0.2, 0) is 16.2 Å². The second-order valence-corrected chi connectivity index (χ2v) is 9.02. The zero-order valence-corrected chi connectivity index (χ0v) is 19.3. The normalized spacial score (nSPS) is 12.3. The molecule has 170 valence electrons. The highest BCUT2D eigenvalue weighted by atomic mass is 16.6. The summed E-state index contributed by atoms with van der Waals surface area (Å²) in [5, 5.41) is 14.3. The predicted octanol–water partition coefficient (Wildman–Crippen LogP) is 6.00. The van der Waals surface area contributed by atoms with Gasteiger partial charge in [-0.2, -0.15) is 0 Å². The molecule has 1 N–H and O–H groups in total. The summed E-state index contributed by atoms with van der Waals surface area (Å²) in [6.07, 6.45) is -0.503. The van der Waals surface area contributed by atoms with E-state index < -0.39 is 11.7 Å². The molecule has 33 heavy (non-hydrogen) atoms. The molecule has 0 aliphatic rings. The summed E-state index contributed by atoms with van der Waals surface area (Å²) in [5.41, 5.74) is 2.13. The number of para-hydroxylation sites is 2. The highest BCUT2D eigenvalue weighted by Gasteiger charge is 2.30.